The van der Waals surface area contributed by atoms with Gasteiger partial charge in [-0.25, -0.2) is 4.79 Å². The van der Waals surface area contributed by atoms with E-state index in [-0.39, 0.29) is 13.7 Å². The van der Waals surface area contributed by atoms with E-state index in [2.05, 4.69) is 5.32 Å². The third-order valence-electron chi connectivity index (χ3n) is 0.947. The Morgan fingerprint density at radius 1 is 1.42 bits per heavy atom. The minimum absolute atomic E-state index is 0. The monoisotopic (exact) mass is 177 g/mol. The molecule has 0 aliphatic carbocycles. The standard InChI is InChI=1S/C4H9NO.C2H2O3.CH4/c1-3-6-4-2-5-1;3-1-2(4)5;/h5H,1-4H2;1H,(H,4,5);1H4. The molecular formula is C7H15NO4. The second-order valence-corrected chi connectivity index (χ2v) is 1.82. The van der Waals surface area contributed by atoms with Crippen molar-refractivity contribution in [3.05, 3.63) is 0 Å². The summed E-state index contributed by atoms with van der Waals surface area (Å²) in [5.74, 6) is -1.43. The van der Waals surface area contributed by atoms with Gasteiger partial charge in [0.15, 0.2) is 0 Å². The zero-order valence-corrected chi connectivity index (χ0v) is 6.08. The van der Waals surface area contributed by atoms with E-state index >= 15 is 0 Å². The molecule has 5 heteroatoms. The topological polar surface area (TPSA) is 75.6 Å². The number of aliphatic carboxylic acids is 1. The molecule has 72 valence electrons. The number of carboxylic acids is 1. The maximum atomic E-state index is 9.00. The Balaban J connectivity index is 0. The number of nitrogens with one attached hydrogen (secondary N) is 1. The van der Waals surface area contributed by atoms with Crippen LogP contribution in [0.15, 0.2) is 0 Å². The first-order chi connectivity index (χ1) is 5.27. The van der Waals surface area contributed by atoms with Crippen molar-refractivity contribution < 1.29 is 19.4 Å². The van der Waals surface area contributed by atoms with E-state index in [9.17, 15) is 0 Å². The number of rotatable bonds is 1. The fourth-order valence-electron chi connectivity index (χ4n) is 0.516. The summed E-state index contributed by atoms with van der Waals surface area (Å²) < 4.78 is 5.01. The van der Waals surface area contributed by atoms with Crippen LogP contribution < -0.4 is 5.32 Å². The highest BCUT2D eigenvalue weighted by Crippen LogP contribution is 1.76. The first-order valence-corrected chi connectivity index (χ1v) is 3.24. The zero-order valence-electron chi connectivity index (χ0n) is 6.08. The number of carbonyl (C=O) groups is 2. The summed E-state index contributed by atoms with van der Waals surface area (Å²) in [7, 11) is 0. The van der Waals surface area contributed by atoms with Crippen LogP contribution in [0.5, 0.6) is 0 Å². The minimum atomic E-state index is -1.43. The Morgan fingerprint density at radius 2 is 1.83 bits per heavy atom. The van der Waals surface area contributed by atoms with Gasteiger partial charge < -0.3 is 15.2 Å². The molecule has 0 bridgehead atoms. The van der Waals surface area contributed by atoms with E-state index in [4.69, 9.17) is 19.4 Å². The lowest BCUT2D eigenvalue weighted by atomic mass is 10.5. The number of hydrogen-bond donors (Lipinski definition) is 2. The van der Waals surface area contributed by atoms with Crippen molar-refractivity contribution in [1.29, 1.82) is 0 Å². The van der Waals surface area contributed by atoms with Gasteiger partial charge in [0, 0.05) is 13.1 Å². The molecule has 0 spiro atoms. The van der Waals surface area contributed by atoms with Crippen molar-refractivity contribution >= 4 is 12.3 Å². The molecule has 0 saturated carbocycles. The summed E-state index contributed by atoms with van der Waals surface area (Å²) in [6.07, 6.45) is -0.167. The Hall–Kier alpha value is -0.940. The normalized spacial score (nSPS) is 14.7. The van der Waals surface area contributed by atoms with Crippen molar-refractivity contribution in [2.45, 2.75) is 7.43 Å². The van der Waals surface area contributed by atoms with Crippen molar-refractivity contribution in [2.75, 3.05) is 26.3 Å². The average molecular weight is 177 g/mol. The first kappa shape index (κ1) is 13.6. The van der Waals surface area contributed by atoms with Crippen LogP contribution in [0.4, 0.5) is 0 Å². The van der Waals surface area contributed by atoms with Crippen LogP contribution >= 0.6 is 0 Å². The Labute approximate surface area is 71.7 Å². The van der Waals surface area contributed by atoms with Gasteiger partial charge in [-0.3, -0.25) is 4.79 Å². The Morgan fingerprint density at radius 3 is 1.92 bits per heavy atom. The molecule has 12 heavy (non-hydrogen) atoms. The highest BCUT2D eigenvalue weighted by atomic mass is 16.5. The summed E-state index contributed by atoms with van der Waals surface area (Å²) in [6, 6.07) is 0. The molecule has 5 nitrogen and oxygen atoms in total. The Kier molecular flexibility index (Phi) is 11.4. The number of carboxylic acid groups (broad SMARTS) is 1. The predicted molar refractivity (Wildman–Crippen MR) is 44.1 cm³/mol. The quantitative estimate of drug-likeness (QED) is 0.417. The van der Waals surface area contributed by atoms with Crippen molar-refractivity contribution in [2.24, 2.45) is 0 Å². The SMILES string of the molecule is C.C1COCCN1.O=CC(=O)O. The molecule has 0 unspecified atom stereocenters. The van der Waals surface area contributed by atoms with E-state index < -0.39 is 5.97 Å². The van der Waals surface area contributed by atoms with Gasteiger partial charge >= 0.3 is 5.97 Å². The first-order valence-electron chi connectivity index (χ1n) is 3.24. The molecule has 1 rings (SSSR count). The molecule has 1 aliphatic rings. The van der Waals surface area contributed by atoms with E-state index in [0.29, 0.717) is 0 Å². The number of ether oxygens (including phenoxy) is 1. The van der Waals surface area contributed by atoms with Gasteiger partial charge in [-0.2, -0.15) is 0 Å². The van der Waals surface area contributed by atoms with E-state index in [1.54, 1.807) is 0 Å². The summed E-state index contributed by atoms with van der Waals surface area (Å²) in [5, 5.41) is 10.5. The molecule has 1 fully saturated rings. The molecule has 0 atom stereocenters. The van der Waals surface area contributed by atoms with Crippen LogP contribution in [0.25, 0.3) is 0 Å². The highest BCUT2D eigenvalue weighted by molar-refractivity contribution is 6.19. The molecular weight excluding hydrogens is 162 g/mol. The van der Waals surface area contributed by atoms with Gasteiger partial charge in [-0.1, -0.05) is 7.43 Å². The van der Waals surface area contributed by atoms with Gasteiger partial charge in [0.05, 0.1) is 13.2 Å². The molecule has 2 N–H and O–H groups in total. The number of hydrogen-bond acceptors (Lipinski definition) is 4. The van der Waals surface area contributed by atoms with Gasteiger partial charge in [0.2, 0.25) is 6.29 Å². The van der Waals surface area contributed by atoms with Crippen LogP contribution in [0, 0.1) is 0 Å². The van der Waals surface area contributed by atoms with E-state index in [1.165, 1.54) is 0 Å². The second-order valence-electron chi connectivity index (χ2n) is 1.82. The van der Waals surface area contributed by atoms with Crippen molar-refractivity contribution in [1.82, 2.24) is 5.32 Å². The maximum absolute atomic E-state index is 9.00. The summed E-state index contributed by atoms with van der Waals surface area (Å²) in [5.41, 5.74) is 0. The van der Waals surface area contributed by atoms with Crippen LogP contribution in [-0.2, 0) is 14.3 Å². The lowest BCUT2D eigenvalue weighted by molar-refractivity contribution is -0.143. The molecule has 1 heterocycles. The molecule has 0 aromatic carbocycles. The van der Waals surface area contributed by atoms with Crippen LogP contribution in [-0.4, -0.2) is 43.7 Å². The van der Waals surface area contributed by atoms with Crippen molar-refractivity contribution in [3.63, 3.8) is 0 Å². The summed E-state index contributed by atoms with van der Waals surface area (Å²) in [4.78, 5) is 17.9. The fraction of sp³-hybridized carbons (Fsp3) is 0.714. The number of morpholine rings is 1. The second kappa shape index (κ2) is 10.1. The minimum Gasteiger partial charge on any atom is -0.476 e. The van der Waals surface area contributed by atoms with Gasteiger partial charge in [-0.05, 0) is 0 Å². The molecule has 1 saturated heterocycles. The summed E-state index contributed by atoms with van der Waals surface area (Å²) >= 11 is 0. The zero-order chi connectivity index (χ0) is 8.53. The van der Waals surface area contributed by atoms with Crippen molar-refractivity contribution in [3.8, 4) is 0 Å². The van der Waals surface area contributed by atoms with Gasteiger partial charge in [0.25, 0.3) is 0 Å². The molecule has 0 radical (unpaired) electrons. The molecule has 0 aromatic rings. The maximum Gasteiger partial charge on any atom is 0.368 e. The van der Waals surface area contributed by atoms with Crippen LogP contribution in [0.2, 0.25) is 0 Å². The van der Waals surface area contributed by atoms with Gasteiger partial charge in [0.1, 0.15) is 0 Å². The highest BCUT2D eigenvalue weighted by Gasteiger charge is 1.92. The third kappa shape index (κ3) is 11.8. The van der Waals surface area contributed by atoms with Gasteiger partial charge in [-0.15, -0.1) is 0 Å². The number of aldehydes is 1. The smallest absolute Gasteiger partial charge is 0.368 e. The lowest BCUT2D eigenvalue weighted by Gasteiger charge is -2.10. The van der Waals surface area contributed by atoms with E-state index in [1.807, 2.05) is 0 Å². The number of carbonyl (C=O) groups excluding carboxylic acids is 1. The van der Waals surface area contributed by atoms with Crippen LogP contribution in [0.3, 0.4) is 0 Å². The summed E-state index contributed by atoms with van der Waals surface area (Å²) in [6.45, 7) is 3.83. The molecule has 0 aromatic heterocycles. The molecule has 1 aliphatic heterocycles. The van der Waals surface area contributed by atoms with E-state index in [0.717, 1.165) is 26.3 Å². The fourth-order valence-corrected chi connectivity index (χ4v) is 0.516. The largest absolute Gasteiger partial charge is 0.476 e. The average Bonchev–Trinajstić information content (AvgIpc) is 2.09. The van der Waals surface area contributed by atoms with Crippen LogP contribution in [0.1, 0.15) is 7.43 Å². The lowest BCUT2D eigenvalue weighted by Crippen LogP contribution is -2.30. The Bertz CT molecular complexity index is 111. The third-order valence-corrected chi connectivity index (χ3v) is 0.947. The predicted octanol–water partition coefficient (Wildman–Crippen LogP) is -0.488. The molecule has 0 amide bonds.